The predicted molar refractivity (Wildman–Crippen MR) is 161 cm³/mol. The number of amides is 5. The van der Waals surface area contributed by atoms with Crippen LogP contribution in [0.4, 0.5) is 28.4 Å². The van der Waals surface area contributed by atoms with E-state index in [2.05, 4.69) is 15.5 Å². The molecule has 2 aromatic rings. The van der Waals surface area contributed by atoms with E-state index in [1.54, 1.807) is 14.7 Å². The number of nitrogens with zero attached hydrogens (tertiary/aromatic N) is 4. The summed E-state index contributed by atoms with van der Waals surface area (Å²) in [4.78, 5) is 46.9. The van der Waals surface area contributed by atoms with Gasteiger partial charge in [-0.05, 0) is 62.9 Å². The van der Waals surface area contributed by atoms with E-state index >= 15 is 0 Å². The summed E-state index contributed by atoms with van der Waals surface area (Å²) in [6.45, 7) is 2.09. The van der Waals surface area contributed by atoms with Crippen molar-refractivity contribution in [1.82, 2.24) is 24.9 Å². The van der Waals surface area contributed by atoms with E-state index in [-0.39, 0.29) is 30.0 Å². The first-order valence-corrected chi connectivity index (χ1v) is 15.9. The van der Waals surface area contributed by atoms with Gasteiger partial charge in [0.05, 0.1) is 22.8 Å². The second kappa shape index (κ2) is 13.0. The summed E-state index contributed by atoms with van der Waals surface area (Å²) in [7, 11) is 3.94. The van der Waals surface area contributed by atoms with Gasteiger partial charge in [-0.2, -0.15) is 13.2 Å². The predicted octanol–water partition coefficient (Wildman–Crippen LogP) is 4.81. The molecule has 0 unspecified atom stereocenters. The molecule has 3 aliphatic rings. The van der Waals surface area contributed by atoms with Gasteiger partial charge in [-0.3, -0.25) is 4.79 Å². The quantitative estimate of drug-likeness (QED) is 0.414. The molecule has 0 aliphatic carbocycles. The highest BCUT2D eigenvalue weighted by Gasteiger charge is 2.38. The average molecular weight is 657 g/mol. The molecule has 2 fully saturated rings. The number of fused-ring (bicyclic) bond motifs is 1. The van der Waals surface area contributed by atoms with Crippen LogP contribution >= 0.6 is 22.9 Å². The Hall–Kier alpha value is -3.23. The number of alkyl halides is 3. The van der Waals surface area contributed by atoms with E-state index in [0.717, 1.165) is 30.2 Å². The molecule has 3 N–H and O–H groups in total. The van der Waals surface area contributed by atoms with Crippen LogP contribution in [0.5, 0.6) is 5.75 Å². The Bertz CT molecular complexity index is 1390. The molecule has 15 heteroatoms. The molecule has 0 saturated carbocycles. The van der Waals surface area contributed by atoms with E-state index < -0.39 is 34.6 Å². The third-order valence-electron chi connectivity index (χ3n) is 8.75. The Morgan fingerprint density at radius 3 is 2.41 bits per heavy atom. The summed E-state index contributed by atoms with van der Waals surface area (Å²) >= 11 is 7.46. The van der Waals surface area contributed by atoms with Gasteiger partial charge in [0, 0.05) is 55.6 Å². The van der Waals surface area contributed by atoms with Gasteiger partial charge in [0.2, 0.25) is 5.91 Å². The van der Waals surface area contributed by atoms with Gasteiger partial charge in [-0.1, -0.05) is 11.6 Å². The van der Waals surface area contributed by atoms with Crippen molar-refractivity contribution in [3.05, 3.63) is 44.6 Å². The van der Waals surface area contributed by atoms with Crippen molar-refractivity contribution in [1.29, 1.82) is 0 Å². The lowest BCUT2D eigenvalue weighted by Crippen LogP contribution is -2.57. The van der Waals surface area contributed by atoms with Crippen LogP contribution in [0, 0.1) is 0 Å². The van der Waals surface area contributed by atoms with E-state index in [9.17, 15) is 32.7 Å². The molecule has 1 aromatic heterocycles. The number of anilines is 1. The van der Waals surface area contributed by atoms with Crippen molar-refractivity contribution in [3.63, 3.8) is 0 Å². The number of urea groups is 2. The van der Waals surface area contributed by atoms with Gasteiger partial charge < -0.3 is 35.3 Å². The largest absolute Gasteiger partial charge is 0.506 e. The number of halogens is 4. The molecule has 1 aromatic carbocycles. The number of phenolic OH excluding ortho intramolecular Hbond substituents is 1. The maximum atomic E-state index is 13.7. The van der Waals surface area contributed by atoms with Crippen LogP contribution in [0.1, 0.15) is 42.4 Å². The number of hydrogen-bond donors (Lipinski definition) is 3. The number of benzene rings is 1. The smallest absolute Gasteiger partial charge is 0.420 e. The number of thiophene rings is 1. The number of phenols is 1. The lowest BCUT2D eigenvalue weighted by molar-refractivity contribution is -0.138. The number of likely N-dealkylation sites (tertiary alicyclic amines) is 2. The molecule has 1 atom stereocenters. The van der Waals surface area contributed by atoms with Gasteiger partial charge in [0.25, 0.3) is 0 Å². The summed E-state index contributed by atoms with van der Waals surface area (Å²) in [6, 6.07) is 0.352. The fourth-order valence-corrected chi connectivity index (χ4v) is 7.18. The molecule has 5 amide bonds. The van der Waals surface area contributed by atoms with Crippen molar-refractivity contribution < 1.29 is 32.7 Å². The van der Waals surface area contributed by atoms with Crippen molar-refractivity contribution in [2.24, 2.45) is 0 Å². The summed E-state index contributed by atoms with van der Waals surface area (Å²) in [6.07, 6.45) is -2.56. The van der Waals surface area contributed by atoms with Gasteiger partial charge in [-0.15, -0.1) is 11.3 Å². The van der Waals surface area contributed by atoms with Crippen LogP contribution in [0.2, 0.25) is 5.02 Å². The molecule has 44 heavy (non-hydrogen) atoms. The SMILES string of the molecule is CN(C)C1CCN(C(=O)[C@@H](Cc2cc(Cl)c(O)c(C(F)(F)F)c2)NC(=O)N2CCC(N3Cc4cscc4NC3=O)CC2)CC1. The zero-order valence-electron chi connectivity index (χ0n) is 24.5. The second-order valence-corrected chi connectivity index (χ2v) is 12.9. The van der Waals surface area contributed by atoms with Crippen LogP contribution in [0.3, 0.4) is 0 Å². The molecule has 0 bridgehead atoms. The second-order valence-electron chi connectivity index (χ2n) is 11.8. The Morgan fingerprint density at radius 2 is 1.77 bits per heavy atom. The third kappa shape index (κ3) is 7.02. The number of hydrogen-bond acceptors (Lipinski definition) is 6. The minimum atomic E-state index is -4.86. The number of aromatic hydroxyl groups is 1. The van der Waals surface area contributed by atoms with Crippen LogP contribution < -0.4 is 10.6 Å². The normalized spacial score (nSPS) is 19.2. The molecule has 240 valence electrons. The highest BCUT2D eigenvalue weighted by atomic mass is 35.5. The van der Waals surface area contributed by atoms with Crippen LogP contribution in [-0.2, 0) is 23.9 Å². The maximum Gasteiger partial charge on any atom is 0.420 e. The molecule has 0 radical (unpaired) electrons. The Balaban J connectivity index is 1.28. The summed E-state index contributed by atoms with van der Waals surface area (Å²) in [5, 5.41) is 19.0. The molecule has 10 nitrogen and oxygen atoms in total. The zero-order valence-corrected chi connectivity index (χ0v) is 26.1. The number of carbonyl (C=O) groups is 3. The zero-order chi connectivity index (χ0) is 31.8. The highest BCUT2D eigenvalue weighted by Crippen LogP contribution is 2.40. The number of nitrogens with one attached hydrogen (secondary N) is 2. The van der Waals surface area contributed by atoms with E-state index in [0.29, 0.717) is 51.6 Å². The first-order chi connectivity index (χ1) is 20.8. The lowest BCUT2D eigenvalue weighted by Gasteiger charge is -2.40. The van der Waals surface area contributed by atoms with Crippen molar-refractivity contribution in [3.8, 4) is 5.75 Å². The van der Waals surface area contributed by atoms with Crippen molar-refractivity contribution in [2.75, 3.05) is 45.6 Å². The Morgan fingerprint density at radius 1 is 1.11 bits per heavy atom. The van der Waals surface area contributed by atoms with E-state index in [1.807, 2.05) is 24.9 Å². The average Bonchev–Trinajstić information content (AvgIpc) is 3.44. The maximum absolute atomic E-state index is 13.7. The standard InChI is InChI=1S/C29H36ClF3N6O4S/c1-36(2)19-3-7-37(8-4-19)26(41)23(13-17-11-21(29(31,32)33)25(40)22(30)12-17)34-27(42)38-9-5-20(6-10-38)39-14-18-15-44-16-24(18)35-28(39)43/h11-12,15-16,19-20,23,40H,3-10,13-14H2,1-2H3,(H,34,42)(H,35,43)/t23-/m1/s1. The first-order valence-electron chi connectivity index (χ1n) is 14.5. The van der Waals surface area contributed by atoms with Gasteiger partial charge in [-0.25, -0.2) is 9.59 Å². The number of piperidine rings is 2. The molecule has 0 spiro atoms. The third-order valence-corrected chi connectivity index (χ3v) is 9.83. The van der Waals surface area contributed by atoms with Gasteiger partial charge in [0.15, 0.2) is 0 Å². The fourth-order valence-electron chi connectivity index (χ4n) is 6.16. The minimum absolute atomic E-state index is 0.0598. The molecule has 2 saturated heterocycles. The Kier molecular flexibility index (Phi) is 9.52. The molecular formula is C29H36ClF3N6O4S. The molecule has 5 rings (SSSR count). The van der Waals surface area contributed by atoms with Crippen molar-refractivity contribution in [2.45, 2.75) is 63.0 Å². The topological polar surface area (TPSA) is 108 Å². The Labute approximate surface area is 262 Å². The first kappa shape index (κ1) is 32.2. The lowest BCUT2D eigenvalue weighted by atomic mass is 9.99. The molecule has 4 heterocycles. The van der Waals surface area contributed by atoms with E-state index in [4.69, 9.17) is 11.6 Å². The van der Waals surface area contributed by atoms with Gasteiger partial charge in [0.1, 0.15) is 11.8 Å². The van der Waals surface area contributed by atoms with E-state index in [1.165, 1.54) is 17.4 Å². The summed E-state index contributed by atoms with van der Waals surface area (Å²) < 4.78 is 40.8. The number of carbonyl (C=O) groups excluding carboxylic acids is 3. The van der Waals surface area contributed by atoms with Crippen LogP contribution in [0.15, 0.2) is 22.9 Å². The molecular weight excluding hydrogens is 621 g/mol. The summed E-state index contributed by atoms with van der Waals surface area (Å²) in [5.74, 6) is -1.47. The molecule has 3 aliphatic heterocycles. The highest BCUT2D eigenvalue weighted by molar-refractivity contribution is 7.08. The van der Waals surface area contributed by atoms with Gasteiger partial charge >= 0.3 is 18.2 Å². The number of rotatable bonds is 6. The fraction of sp³-hybridized carbons (Fsp3) is 0.552. The van der Waals surface area contributed by atoms with Crippen LogP contribution in [0.25, 0.3) is 0 Å². The minimum Gasteiger partial charge on any atom is -0.506 e. The summed E-state index contributed by atoms with van der Waals surface area (Å²) in [5.41, 5.74) is 0.632. The van der Waals surface area contributed by atoms with Crippen LogP contribution in [-0.4, -0.2) is 101 Å². The monoisotopic (exact) mass is 656 g/mol. The van der Waals surface area contributed by atoms with Crippen molar-refractivity contribution >= 4 is 46.6 Å².